The third kappa shape index (κ3) is 4.18. The maximum atomic E-state index is 12.1. The molecule has 1 saturated heterocycles. The first-order chi connectivity index (χ1) is 11.2. The molecule has 2 atom stereocenters. The molecule has 0 radical (unpaired) electrons. The van der Waals surface area contributed by atoms with Crippen molar-refractivity contribution in [3.05, 3.63) is 53.9 Å². The second-order valence-electron chi connectivity index (χ2n) is 5.86. The SMILES string of the molecule is C[C@H](NC(=O)c1ccn[nH]1)[C@@H]1CN(Cc2ccccc2)CCO1. The average Bonchev–Trinajstić information content (AvgIpc) is 3.10. The molecule has 122 valence electrons. The minimum absolute atomic E-state index is 0.0145. The fourth-order valence-electron chi connectivity index (χ4n) is 2.78. The number of morpholine rings is 1. The van der Waals surface area contributed by atoms with E-state index >= 15 is 0 Å². The predicted octanol–water partition coefficient (Wildman–Crippen LogP) is 1.43. The summed E-state index contributed by atoms with van der Waals surface area (Å²) in [7, 11) is 0. The van der Waals surface area contributed by atoms with Crippen molar-refractivity contribution in [1.82, 2.24) is 20.4 Å². The standard InChI is InChI=1S/C17H22N4O2/c1-13(19-17(22)15-7-8-18-20-15)16-12-21(9-10-23-16)11-14-5-3-2-4-6-14/h2-8,13,16H,9-12H2,1H3,(H,18,20)(H,19,22)/t13-,16-/m0/s1. The smallest absolute Gasteiger partial charge is 0.269 e. The highest BCUT2D eigenvalue weighted by molar-refractivity contribution is 5.92. The lowest BCUT2D eigenvalue weighted by Gasteiger charge is -2.36. The van der Waals surface area contributed by atoms with Crippen molar-refractivity contribution < 1.29 is 9.53 Å². The van der Waals surface area contributed by atoms with Crippen molar-refractivity contribution in [2.75, 3.05) is 19.7 Å². The number of nitrogens with zero attached hydrogens (tertiary/aromatic N) is 2. The lowest BCUT2D eigenvalue weighted by atomic mass is 10.1. The largest absolute Gasteiger partial charge is 0.373 e. The molecule has 1 amide bonds. The second-order valence-corrected chi connectivity index (χ2v) is 5.86. The number of rotatable bonds is 5. The van der Waals surface area contributed by atoms with Crippen LogP contribution in [0.1, 0.15) is 23.0 Å². The van der Waals surface area contributed by atoms with Crippen molar-refractivity contribution in [3.63, 3.8) is 0 Å². The molecule has 0 bridgehead atoms. The van der Waals surface area contributed by atoms with E-state index in [0.717, 1.165) is 19.6 Å². The zero-order valence-corrected chi connectivity index (χ0v) is 13.2. The molecule has 3 rings (SSSR count). The van der Waals surface area contributed by atoms with Crippen molar-refractivity contribution in [2.45, 2.75) is 25.6 Å². The molecule has 1 aromatic carbocycles. The Hall–Kier alpha value is -2.18. The molecule has 1 aliphatic heterocycles. The molecule has 2 aromatic rings. The second kappa shape index (κ2) is 7.39. The molecule has 1 fully saturated rings. The summed E-state index contributed by atoms with van der Waals surface area (Å²) < 4.78 is 5.84. The molecule has 6 heteroatoms. The number of hydrogen-bond acceptors (Lipinski definition) is 4. The Balaban J connectivity index is 1.54. The van der Waals surface area contributed by atoms with Gasteiger partial charge in [-0.3, -0.25) is 14.8 Å². The molecule has 6 nitrogen and oxygen atoms in total. The lowest BCUT2D eigenvalue weighted by Crippen LogP contribution is -2.52. The maximum absolute atomic E-state index is 12.1. The number of benzene rings is 1. The Morgan fingerprint density at radius 1 is 1.43 bits per heavy atom. The predicted molar refractivity (Wildman–Crippen MR) is 87.0 cm³/mol. The molecule has 0 spiro atoms. The summed E-state index contributed by atoms with van der Waals surface area (Å²) in [5.41, 5.74) is 1.76. The van der Waals surface area contributed by atoms with Crippen molar-refractivity contribution in [2.24, 2.45) is 0 Å². The Bertz CT molecular complexity index is 615. The van der Waals surface area contributed by atoms with Crippen LogP contribution in [0.25, 0.3) is 0 Å². The zero-order valence-electron chi connectivity index (χ0n) is 13.2. The van der Waals surface area contributed by atoms with Crippen molar-refractivity contribution >= 4 is 5.91 Å². The van der Waals surface area contributed by atoms with Crippen LogP contribution in [0.15, 0.2) is 42.6 Å². The van der Waals surface area contributed by atoms with Crippen molar-refractivity contribution in [3.8, 4) is 0 Å². The van der Waals surface area contributed by atoms with E-state index in [0.29, 0.717) is 12.3 Å². The van der Waals surface area contributed by atoms with Crippen LogP contribution in [-0.2, 0) is 11.3 Å². The Kier molecular flexibility index (Phi) is 5.05. The number of carbonyl (C=O) groups excluding carboxylic acids is 1. The van der Waals surface area contributed by atoms with Gasteiger partial charge in [0.15, 0.2) is 0 Å². The van der Waals surface area contributed by atoms with E-state index in [1.165, 1.54) is 5.56 Å². The summed E-state index contributed by atoms with van der Waals surface area (Å²) in [5.74, 6) is -0.154. The van der Waals surface area contributed by atoms with E-state index in [1.807, 2.05) is 13.0 Å². The van der Waals surface area contributed by atoms with Crippen LogP contribution in [0.3, 0.4) is 0 Å². The molecular formula is C17H22N4O2. The van der Waals surface area contributed by atoms with Crippen LogP contribution in [-0.4, -0.2) is 52.8 Å². The number of amides is 1. The van der Waals surface area contributed by atoms with E-state index in [4.69, 9.17) is 4.74 Å². The zero-order chi connectivity index (χ0) is 16.1. The minimum Gasteiger partial charge on any atom is -0.373 e. The first-order valence-corrected chi connectivity index (χ1v) is 7.90. The van der Waals surface area contributed by atoms with Gasteiger partial charge in [0.1, 0.15) is 5.69 Å². The topological polar surface area (TPSA) is 70.2 Å². The number of nitrogens with one attached hydrogen (secondary N) is 2. The van der Waals surface area contributed by atoms with Crippen LogP contribution >= 0.6 is 0 Å². The molecule has 23 heavy (non-hydrogen) atoms. The fourth-order valence-corrected chi connectivity index (χ4v) is 2.78. The maximum Gasteiger partial charge on any atom is 0.269 e. The van der Waals surface area contributed by atoms with E-state index in [9.17, 15) is 4.79 Å². The van der Waals surface area contributed by atoms with Crippen molar-refractivity contribution in [1.29, 1.82) is 0 Å². The van der Waals surface area contributed by atoms with Gasteiger partial charge in [-0.15, -0.1) is 0 Å². The van der Waals surface area contributed by atoms with Gasteiger partial charge in [-0.2, -0.15) is 5.10 Å². The lowest BCUT2D eigenvalue weighted by molar-refractivity contribution is -0.0449. The number of aromatic amines is 1. The third-order valence-corrected chi connectivity index (χ3v) is 4.09. The average molecular weight is 314 g/mol. The van der Waals surface area contributed by atoms with E-state index in [-0.39, 0.29) is 18.1 Å². The van der Waals surface area contributed by atoms with Gasteiger partial charge in [-0.05, 0) is 18.6 Å². The number of H-pyrrole nitrogens is 1. The molecule has 1 aromatic heterocycles. The van der Waals surface area contributed by atoms with E-state index < -0.39 is 0 Å². The van der Waals surface area contributed by atoms with E-state index in [1.54, 1.807) is 12.3 Å². The van der Waals surface area contributed by atoms with Crippen LogP contribution < -0.4 is 5.32 Å². The van der Waals surface area contributed by atoms with Gasteiger partial charge >= 0.3 is 0 Å². The molecule has 0 saturated carbocycles. The summed E-state index contributed by atoms with van der Waals surface area (Å²) in [5, 5.41) is 9.44. The quantitative estimate of drug-likeness (QED) is 0.876. The van der Waals surface area contributed by atoms with Gasteiger partial charge in [-0.25, -0.2) is 0 Å². The van der Waals surface area contributed by atoms with E-state index in [2.05, 4.69) is 44.7 Å². The van der Waals surface area contributed by atoms with Gasteiger partial charge in [0.2, 0.25) is 0 Å². The van der Waals surface area contributed by atoms with Gasteiger partial charge < -0.3 is 10.1 Å². The van der Waals surface area contributed by atoms with Gasteiger partial charge in [0.05, 0.1) is 18.8 Å². The molecule has 1 aliphatic rings. The summed E-state index contributed by atoms with van der Waals surface area (Å²) in [4.78, 5) is 14.4. The van der Waals surface area contributed by atoms with Crippen LogP contribution in [0.4, 0.5) is 0 Å². The highest BCUT2D eigenvalue weighted by atomic mass is 16.5. The fraction of sp³-hybridized carbons (Fsp3) is 0.412. The normalized spacial score (nSPS) is 20.1. The number of aromatic nitrogens is 2. The Morgan fingerprint density at radius 3 is 3.00 bits per heavy atom. The van der Waals surface area contributed by atoms with Gasteiger partial charge in [-0.1, -0.05) is 30.3 Å². The molecule has 0 unspecified atom stereocenters. The van der Waals surface area contributed by atoms with Crippen LogP contribution in [0, 0.1) is 0 Å². The first kappa shape index (κ1) is 15.7. The summed E-state index contributed by atoms with van der Waals surface area (Å²) in [6.07, 6.45) is 1.55. The van der Waals surface area contributed by atoms with Crippen LogP contribution in [0.2, 0.25) is 0 Å². The Labute approximate surface area is 135 Å². The third-order valence-electron chi connectivity index (χ3n) is 4.09. The molecular weight excluding hydrogens is 292 g/mol. The molecule has 0 aliphatic carbocycles. The minimum atomic E-state index is -0.154. The van der Waals surface area contributed by atoms with Gasteiger partial charge in [0.25, 0.3) is 5.91 Å². The highest BCUT2D eigenvalue weighted by Crippen LogP contribution is 2.13. The highest BCUT2D eigenvalue weighted by Gasteiger charge is 2.26. The number of ether oxygens (including phenoxy) is 1. The number of carbonyl (C=O) groups is 1. The molecule has 2 N–H and O–H groups in total. The summed E-state index contributed by atoms with van der Waals surface area (Å²) in [6, 6.07) is 12.0. The Morgan fingerprint density at radius 2 is 2.26 bits per heavy atom. The first-order valence-electron chi connectivity index (χ1n) is 7.90. The summed E-state index contributed by atoms with van der Waals surface area (Å²) >= 11 is 0. The number of hydrogen-bond donors (Lipinski definition) is 2. The van der Waals surface area contributed by atoms with Crippen LogP contribution in [0.5, 0.6) is 0 Å². The molecule has 2 heterocycles. The van der Waals surface area contributed by atoms with Gasteiger partial charge in [0, 0.05) is 25.8 Å². The monoisotopic (exact) mass is 314 g/mol. The summed E-state index contributed by atoms with van der Waals surface area (Å²) in [6.45, 7) is 5.28.